The monoisotopic (exact) mass is 830 g/mol. The van der Waals surface area contributed by atoms with Gasteiger partial charge in [-0.15, -0.1) is 5.92 Å². The minimum atomic E-state index is -1.69. The SMILES string of the molecule is C[C@H]1CCC2=CC[C@H]3[C@H](C)C[C@]4(O)CC[C@]3(C[C@H]([C@H]3COC(=O)C3)C#CC[C@@H]3C[C@@]5(O)C6=CC(=O)[C@@H]7C[C@@H](O)[C@@H](O)C[C@]7(C)[C@H]6CC[C@]5(CCN=C(N)N)[C@H]3[C@@]4(C)O)[C@H]2C1. The van der Waals surface area contributed by atoms with Gasteiger partial charge in [0, 0.05) is 42.1 Å². The molecule has 5 saturated carbocycles. The van der Waals surface area contributed by atoms with Crippen molar-refractivity contribution in [2.24, 2.45) is 91.9 Å². The van der Waals surface area contributed by atoms with Crippen LogP contribution in [0.1, 0.15) is 130 Å². The number of cyclic esters (lactones) is 1. The lowest BCUT2D eigenvalue weighted by Gasteiger charge is -2.62. The van der Waals surface area contributed by atoms with E-state index in [-0.39, 0.29) is 84.4 Å². The number of ketones is 1. The number of hydrogen-bond acceptors (Lipinski definition) is 9. The number of nitrogens with two attached hydrogens (primary N) is 2. The second kappa shape index (κ2) is 14.7. The second-order valence-corrected chi connectivity index (χ2v) is 22.4. The van der Waals surface area contributed by atoms with Crippen molar-refractivity contribution in [2.45, 2.75) is 159 Å². The Morgan fingerprint density at radius 3 is 2.45 bits per heavy atom. The minimum absolute atomic E-state index is 0.0341. The number of aliphatic imine (C=N–C) groups is 1. The summed E-state index contributed by atoms with van der Waals surface area (Å²) in [4.78, 5) is 31.5. The summed E-state index contributed by atoms with van der Waals surface area (Å²) in [5, 5.41) is 63.0. The molecule has 9 rings (SSSR count). The first-order valence-electron chi connectivity index (χ1n) is 23.5. The predicted molar refractivity (Wildman–Crippen MR) is 226 cm³/mol. The molecule has 9 N–H and O–H groups in total. The zero-order valence-electron chi connectivity index (χ0n) is 36.4. The summed E-state index contributed by atoms with van der Waals surface area (Å²) in [5.41, 5.74) is 7.34. The summed E-state index contributed by atoms with van der Waals surface area (Å²) in [7, 11) is 0. The molecule has 11 heteroatoms. The van der Waals surface area contributed by atoms with E-state index in [1.54, 1.807) is 6.08 Å². The number of nitrogens with zero attached hydrogens (tertiary/aromatic N) is 1. The highest BCUT2D eigenvalue weighted by Crippen LogP contribution is 2.73. The Balaban J connectivity index is 1.21. The van der Waals surface area contributed by atoms with Crippen LogP contribution in [0, 0.1) is 87.3 Å². The highest BCUT2D eigenvalue weighted by Gasteiger charge is 2.75. The van der Waals surface area contributed by atoms with Crippen molar-refractivity contribution in [1.29, 1.82) is 0 Å². The van der Waals surface area contributed by atoms with Gasteiger partial charge in [-0.25, -0.2) is 0 Å². The summed E-state index contributed by atoms with van der Waals surface area (Å²) in [5.74, 6) is 6.38. The molecule has 6 fully saturated rings. The van der Waals surface area contributed by atoms with E-state index in [1.165, 1.54) is 12.0 Å². The molecule has 0 aromatic carbocycles. The summed E-state index contributed by atoms with van der Waals surface area (Å²) < 4.78 is 5.63. The quantitative estimate of drug-likeness (QED) is 0.0683. The Labute approximate surface area is 356 Å². The number of allylic oxidation sites excluding steroid dienone is 3. The molecule has 11 nitrogen and oxygen atoms in total. The smallest absolute Gasteiger partial charge is 0.306 e. The number of fused-ring (bicyclic) bond motifs is 10. The number of carbonyl (C=O) groups is 2. The fourth-order valence-corrected chi connectivity index (χ4v) is 16.7. The average Bonchev–Trinajstić information content (AvgIpc) is 3.69. The average molecular weight is 830 g/mol. The van der Waals surface area contributed by atoms with E-state index in [1.807, 2.05) is 13.8 Å². The van der Waals surface area contributed by atoms with Crippen molar-refractivity contribution in [3.05, 3.63) is 23.3 Å². The number of rotatable bonds is 4. The van der Waals surface area contributed by atoms with Crippen LogP contribution in [0.3, 0.4) is 0 Å². The first-order valence-corrected chi connectivity index (χ1v) is 23.5. The van der Waals surface area contributed by atoms with Crippen molar-refractivity contribution in [3.8, 4) is 11.8 Å². The van der Waals surface area contributed by atoms with Gasteiger partial charge in [-0.1, -0.05) is 38.3 Å². The molecule has 2 bridgehead atoms. The third-order valence-electron chi connectivity index (χ3n) is 19.5. The molecule has 0 aromatic heterocycles. The maximum Gasteiger partial charge on any atom is 0.306 e. The first-order chi connectivity index (χ1) is 28.3. The lowest BCUT2D eigenvalue weighted by Crippen LogP contribution is -2.66. The van der Waals surface area contributed by atoms with Gasteiger partial charge in [-0.05, 0) is 155 Å². The van der Waals surface area contributed by atoms with Crippen molar-refractivity contribution >= 4 is 17.7 Å². The van der Waals surface area contributed by atoms with E-state index in [0.717, 1.165) is 32.1 Å². The predicted octanol–water partition coefficient (Wildman–Crippen LogP) is 4.71. The molecule has 0 amide bonds. The van der Waals surface area contributed by atoms with Crippen molar-refractivity contribution in [3.63, 3.8) is 0 Å². The van der Waals surface area contributed by atoms with Crippen molar-refractivity contribution in [2.75, 3.05) is 13.2 Å². The molecule has 1 aliphatic heterocycles. The van der Waals surface area contributed by atoms with Crippen LogP contribution in [0.2, 0.25) is 0 Å². The molecule has 60 heavy (non-hydrogen) atoms. The van der Waals surface area contributed by atoms with E-state index >= 15 is 0 Å². The Kier molecular flexibility index (Phi) is 10.4. The standard InChI is InChI=1S/C49H71N3O8/c1-27-8-9-29-10-11-33-28(2)22-48(58)15-14-46(33,35(29)18-27)23-30(32-19-41(56)60-26-32)6-5-7-31-24-49(59)36-20-38(53)37-21-39(54)40(55)25-44(37,3)34(36)12-13-47(49,16-17-52-43(50)51)42(31)45(48,4)57/h10,20,27-28,30-35,37,39-40,42,54-55,57-59H,7-9,11-19,21-26H2,1-4H3,(H4,50,51,52)/t27-,28+,30+,31+,32+,33-,34-,35-,37-,39+,40-,42+,44+,45+,46+,47-,48+,49+/m0/s1. The van der Waals surface area contributed by atoms with Crippen LogP contribution in [0.4, 0.5) is 0 Å². The Morgan fingerprint density at radius 2 is 1.72 bits per heavy atom. The number of ether oxygens (including phenoxy) is 1. The third kappa shape index (κ3) is 6.18. The fraction of sp³-hybridized carbons (Fsp3) is 0.816. The summed E-state index contributed by atoms with van der Waals surface area (Å²) in [6.45, 7) is 9.04. The number of carbonyl (C=O) groups excluding carboxylic acids is 2. The maximum atomic E-state index is 14.3. The van der Waals surface area contributed by atoms with Crippen LogP contribution in [0.15, 0.2) is 28.3 Å². The molecule has 0 aromatic rings. The van der Waals surface area contributed by atoms with Gasteiger partial charge in [-0.2, -0.15) is 0 Å². The number of esters is 1. The van der Waals surface area contributed by atoms with Gasteiger partial charge in [0.05, 0.1) is 42.0 Å². The molecule has 18 atom stereocenters. The van der Waals surface area contributed by atoms with E-state index in [0.29, 0.717) is 69.0 Å². The number of hydrogen-bond donors (Lipinski definition) is 7. The zero-order chi connectivity index (χ0) is 42.8. The van der Waals surface area contributed by atoms with Gasteiger partial charge in [0.2, 0.25) is 0 Å². The molecule has 1 spiro atoms. The molecule has 330 valence electrons. The van der Waals surface area contributed by atoms with Crippen LogP contribution >= 0.6 is 0 Å². The second-order valence-electron chi connectivity index (χ2n) is 22.4. The van der Waals surface area contributed by atoms with Crippen LogP contribution in [-0.2, 0) is 14.3 Å². The van der Waals surface area contributed by atoms with Crippen LogP contribution in [0.5, 0.6) is 0 Å². The van der Waals surface area contributed by atoms with Gasteiger partial charge in [0.15, 0.2) is 11.7 Å². The van der Waals surface area contributed by atoms with Crippen molar-refractivity contribution in [1.82, 2.24) is 0 Å². The molecule has 0 radical (unpaired) electrons. The molecular formula is C49H71N3O8. The topological polar surface area (TPSA) is 209 Å². The molecular weight excluding hydrogens is 759 g/mol. The normalized spacial score (nSPS) is 52.1. The van der Waals surface area contributed by atoms with E-state index in [4.69, 9.17) is 16.2 Å². The summed E-state index contributed by atoms with van der Waals surface area (Å²) in [6.07, 6.45) is 11.5. The van der Waals surface area contributed by atoms with E-state index in [9.17, 15) is 35.1 Å². The van der Waals surface area contributed by atoms with E-state index in [2.05, 4.69) is 36.8 Å². The Hall–Kier alpha value is -2.75. The van der Waals surface area contributed by atoms with Gasteiger partial charge < -0.3 is 41.7 Å². The number of aliphatic hydroxyl groups excluding tert-OH is 2. The van der Waals surface area contributed by atoms with Gasteiger partial charge >= 0.3 is 5.97 Å². The summed E-state index contributed by atoms with van der Waals surface area (Å²) >= 11 is 0. The van der Waals surface area contributed by atoms with Crippen LogP contribution in [-0.4, -0.2) is 85.4 Å². The molecule has 0 unspecified atom stereocenters. The molecule has 1 heterocycles. The highest BCUT2D eigenvalue weighted by atomic mass is 16.5. The van der Waals surface area contributed by atoms with Crippen LogP contribution < -0.4 is 11.5 Å². The molecule has 1 saturated heterocycles. The summed E-state index contributed by atoms with van der Waals surface area (Å²) in [6, 6.07) is 0. The lowest BCUT2D eigenvalue weighted by atomic mass is 9.44. The molecule has 8 aliphatic carbocycles. The largest absolute Gasteiger partial charge is 0.465 e. The first kappa shape index (κ1) is 42.5. The number of aliphatic hydroxyl groups is 5. The third-order valence-corrected chi connectivity index (χ3v) is 19.5. The van der Waals surface area contributed by atoms with Gasteiger partial charge in [0.25, 0.3) is 0 Å². The van der Waals surface area contributed by atoms with E-state index < -0.39 is 51.7 Å². The van der Waals surface area contributed by atoms with Gasteiger partial charge in [-0.3, -0.25) is 14.6 Å². The van der Waals surface area contributed by atoms with Gasteiger partial charge in [0.1, 0.15) is 0 Å². The van der Waals surface area contributed by atoms with Crippen LogP contribution in [0.25, 0.3) is 0 Å². The Bertz CT molecular complexity index is 1930. The Morgan fingerprint density at radius 1 is 0.933 bits per heavy atom. The molecule has 9 aliphatic rings. The fourth-order valence-electron chi connectivity index (χ4n) is 16.7. The highest BCUT2D eigenvalue weighted by molar-refractivity contribution is 5.95. The zero-order valence-corrected chi connectivity index (χ0v) is 36.4. The number of guanidine groups is 1. The minimum Gasteiger partial charge on any atom is -0.465 e. The van der Waals surface area contributed by atoms with Crippen molar-refractivity contribution < 1.29 is 39.9 Å². The lowest BCUT2D eigenvalue weighted by molar-refractivity contribution is -0.227. The maximum absolute atomic E-state index is 14.3.